The van der Waals surface area contributed by atoms with Crippen molar-refractivity contribution in [1.82, 2.24) is 9.80 Å². The number of hydrogen-bond acceptors (Lipinski definition) is 3. The third kappa shape index (κ3) is 3.96. The summed E-state index contributed by atoms with van der Waals surface area (Å²) < 4.78 is 6.17. The van der Waals surface area contributed by atoms with Crippen LogP contribution in [0.5, 0.6) is 0 Å². The molecule has 2 saturated heterocycles. The van der Waals surface area contributed by atoms with Crippen LogP contribution >= 0.6 is 0 Å². The van der Waals surface area contributed by atoms with Crippen molar-refractivity contribution in [1.29, 1.82) is 0 Å². The molecule has 4 rings (SSSR count). The van der Waals surface area contributed by atoms with E-state index in [4.69, 9.17) is 4.74 Å². The van der Waals surface area contributed by atoms with Crippen LogP contribution in [0, 0.1) is 5.92 Å². The second kappa shape index (κ2) is 7.69. The van der Waals surface area contributed by atoms with Crippen molar-refractivity contribution >= 4 is 5.91 Å². The van der Waals surface area contributed by atoms with Gasteiger partial charge in [-0.15, -0.1) is 0 Å². The maximum absolute atomic E-state index is 12.4. The van der Waals surface area contributed by atoms with Gasteiger partial charge in [-0.3, -0.25) is 9.69 Å². The fourth-order valence-corrected chi connectivity index (χ4v) is 4.93. The maximum atomic E-state index is 12.4. The molecule has 2 aliphatic heterocycles. The van der Waals surface area contributed by atoms with E-state index in [9.17, 15) is 4.79 Å². The molecule has 1 atom stereocenters. The van der Waals surface area contributed by atoms with Crippen LogP contribution in [-0.4, -0.2) is 54.1 Å². The number of nitrogens with zero attached hydrogens (tertiary/aromatic N) is 2. The Labute approximate surface area is 157 Å². The molecule has 1 aromatic carbocycles. The summed E-state index contributed by atoms with van der Waals surface area (Å²) >= 11 is 0. The summed E-state index contributed by atoms with van der Waals surface area (Å²) in [7, 11) is 2.18. The van der Waals surface area contributed by atoms with Gasteiger partial charge in [0, 0.05) is 19.0 Å². The van der Waals surface area contributed by atoms with Crippen molar-refractivity contribution in [3.05, 3.63) is 35.9 Å². The lowest BCUT2D eigenvalue weighted by molar-refractivity contribution is -0.158. The fourth-order valence-electron chi connectivity index (χ4n) is 4.93. The largest absolute Gasteiger partial charge is 0.370 e. The Morgan fingerprint density at radius 3 is 2.69 bits per heavy atom. The Hall–Kier alpha value is -1.39. The highest BCUT2D eigenvalue weighted by Gasteiger charge is 2.51. The smallest absolute Gasteiger partial charge is 0.222 e. The number of carbonyl (C=O) groups is 1. The fraction of sp³-hybridized carbons (Fsp3) is 0.682. The van der Waals surface area contributed by atoms with Gasteiger partial charge in [0.1, 0.15) is 5.60 Å². The maximum Gasteiger partial charge on any atom is 0.222 e. The normalized spacial score (nSPS) is 25.2. The van der Waals surface area contributed by atoms with Crippen molar-refractivity contribution in [3.8, 4) is 0 Å². The van der Waals surface area contributed by atoms with Crippen LogP contribution in [0.3, 0.4) is 0 Å². The summed E-state index contributed by atoms with van der Waals surface area (Å²) in [6.45, 7) is 3.33. The van der Waals surface area contributed by atoms with Crippen LogP contribution in [-0.2, 0) is 16.1 Å². The molecule has 2 heterocycles. The van der Waals surface area contributed by atoms with Crippen molar-refractivity contribution < 1.29 is 9.53 Å². The predicted molar refractivity (Wildman–Crippen MR) is 103 cm³/mol. The van der Waals surface area contributed by atoms with E-state index in [0.29, 0.717) is 11.9 Å². The van der Waals surface area contributed by atoms with Crippen LogP contribution < -0.4 is 0 Å². The minimum Gasteiger partial charge on any atom is -0.370 e. The Morgan fingerprint density at radius 1 is 1.23 bits per heavy atom. The molecule has 142 valence electrons. The van der Waals surface area contributed by atoms with Crippen molar-refractivity contribution in [3.63, 3.8) is 0 Å². The Kier molecular flexibility index (Phi) is 5.32. The monoisotopic (exact) mass is 356 g/mol. The summed E-state index contributed by atoms with van der Waals surface area (Å²) in [6.07, 6.45) is 8.24. The molecule has 1 unspecified atom stereocenters. The lowest BCUT2D eigenvalue weighted by Crippen LogP contribution is -2.63. The zero-order valence-electron chi connectivity index (χ0n) is 16.0. The second-order valence-corrected chi connectivity index (χ2v) is 8.69. The van der Waals surface area contributed by atoms with E-state index in [0.717, 1.165) is 51.4 Å². The lowest BCUT2D eigenvalue weighted by Gasteiger charge is -2.47. The van der Waals surface area contributed by atoms with E-state index in [1.165, 1.54) is 31.2 Å². The molecule has 3 fully saturated rings. The number of hydrogen-bond donors (Lipinski definition) is 0. The van der Waals surface area contributed by atoms with E-state index < -0.39 is 0 Å². The molecule has 26 heavy (non-hydrogen) atoms. The molecule has 1 spiro atoms. The number of carbonyl (C=O) groups excluding carboxylic acids is 1. The average Bonchev–Trinajstić information content (AvgIpc) is 3.29. The molecule has 3 aliphatic rings. The molecular weight excluding hydrogens is 324 g/mol. The molecule has 0 aromatic heterocycles. The number of benzene rings is 1. The van der Waals surface area contributed by atoms with Crippen LogP contribution in [0.1, 0.15) is 50.5 Å². The van der Waals surface area contributed by atoms with Crippen LogP contribution in [0.4, 0.5) is 0 Å². The highest BCUT2D eigenvalue weighted by Crippen LogP contribution is 2.38. The molecule has 0 N–H and O–H groups in total. The molecule has 1 aliphatic carbocycles. The standard InChI is InChI=1S/C22H32N2O2/c1-23(14-19-9-3-2-4-10-19)20-13-22(26-15-20)16-24(17-22)21(25)12-11-18-7-5-6-8-18/h2-4,9-10,18,20H,5-8,11-17H2,1H3. The topological polar surface area (TPSA) is 32.8 Å². The van der Waals surface area contributed by atoms with E-state index >= 15 is 0 Å². The molecule has 4 nitrogen and oxygen atoms in total. The molecule has 1 saturated carbocycles. The third-order valence-corrected chi connectivity index (χ3v) is 6.64. The molecule has 0 radical (unpaired) electrons. The van der Waals surface area contributed by atoms with Crippen molar-refractivity contribution in [2.75, 3.05) is 26.7 Å². The van der Waals surface area contributed by atoms with Gasteiger partial charge in [0.25, 0.3) is 0 Å². The molecule has 0 bridgehead atoms. The summed E-state index contributed by atoms with van der Waals surface area (Å²) in [5, 5.41) is 0. The first-order chi connectivity index (χ1) is 12.6. The van der Waals surface area contributed by atoms with Crippen molar-refractivity contribution in [2.45, 2.75) is 63.1 Å². The molecule has 4 heteroatoms. The van der Waals surface area contributed by atoms with E-state index in [2.05, 4.69) is 42.3 Å². The summed E-state index contributed by atoms with van der Waals surface area (Å²) in [4.78, 5) is 16.9. The van der Waals surface area contributed by atoms with Gasteiger partial charge in [0.15, 0.2) is 0 Å². The van der Waals surface area contributed by atoms with Gasteiger partial charge >= 0.3 is 0 Å². The first kappa shape index (κ1) is 18.0. The molecule has 1 amide bonds. The number of amides is 1. The first-order valence-corrected chi connectivity index (χ1v) is 10.3. The zero-order chi connectivity index (χ0) is 18.0. The van der Waals surface area contributed by atoms with E-state index in [1.807, 2.05) is 4.90 Å². The van der Waals surface area contributed by atoms with Gasteiger partial charge in [-0.2, -0.15) is 0 Å². The van der Waals surface area contributed by atoms with E-state index in [-0.39, 0.29) is 5.60 Å². The Bertz CT molecular complexity index is 606. The van der Waals surface area contributed by atoms with Crippen LogP contribution in [0.2, 0.25) is 0 Å². The lowest BCUT2D eigenvalue weighted by atomic mass is 9.88. The average molecular weight is 357 g/mol. The molecular formula is C22H32N2O2. The first-order valence-electron chi connectivity index (χ1n) is 10.3. The highest BCUT2D eigenvalue weighted by atomic mass is 16.5. The summed E-state index contributed by atoms with van der Waals surface area (Å²) in [5.41, 5.74) is 1.27. The zero-order valence-corrected chi connectivity index (χ0v) is 16.0. The number of likely N-dealkylation sites (N-methyl/N-ethyl adjacent to an activating group) is 1. The second-order valence-electron chi connectivity index (χ2n) is 8.69. The van der Waals surface area contributed by atoms with Crippen molar-refractivity contribution in [2.24, 2.45) is 5.92 Å². The predicted octanol–water partition coefficient (Wildman–Crippen LogP) is 3.46. The van der Waals surface area contributed by atoms with Gasteiger partial charge in [0.05, 0.1) is 19.7 Å². The Balaban J connectivity index is 1.21. The SMILES string of the molecule is CN(Cc1ccccc1)C1COC2(C1)CN(C(=O)CCC1CCCC1)C2. The van der Waals surface area contributed by atoms with Crippen LogP contribution in [0.25, 0.3) is 0 Å². The number of rotatable bonds is 6. The molecule has 1 aromatic rings. The third-order valence-electron chi connectivity index (χ3n) is 6.64. The summed E-state index contributed by atoms with van der Waals surface area (Å²) in [5.74, 6) is 1.14. The van der Waals surface area contributed by atoms with E-state index in [1.54, 1.807) is 0 Å². The summed E-state index contributed by atoms with van der Waals surface area (Å²) in [6, 6.07) is 11.1. The van der Waals surface area contributed by atoms with Gasteiger partial charge in [-0.1, -0.05) is 56.0 Å². The quantitative estimate of drug-likeness (QED) is 0.782. The number of likely N-dealkylation sites (tertiary alicyclic amines) is 1. The Morgan fingerprint density at radius 2 is 1.96 bits per heavy atom. The minimum atomic E-state index is -0.0708. The highest BCUT2D eigenvalue weighted by molar-refractivity contribution is 5.77. The minimum absolute atomic E-state index is 0.0708. The van der Waals surface area contributed by atoms with Gasteiger partial charge < -0.3 is 9.64 Å². The van der Waals surface area contributed by atoms with Gasteiger partial charge in [-0.05, 0) is 31.4 Å². The van der Waals surface area contributed by atoms with Crippen LogP contribution in [0.15, 0.2) is 30.3 Å². The van der Waals surface area contributed by atoms with Gasteiger partial charge in [-0.25, -0.2) is 0 Å². The van der Waals surface area contributed by atoms with Gasteiger partial charge in [0.2, 0.25) is 5.91 Å². The number of ether oxygens (including phenoxy) is 1.